The van der Waals surface area contributed by atoms with Crippen molar-refractivity contribution in [1.29, 1.82) is 0 Å². The van der Waals surface area contributed by atoms with Crippen LogP contribution in [0.3, 0.4) is 0 Å². The fourth-order valence-corrected chi connectivity index (χ4v) is 1.65. The van der Waals surface area contributed by atoms with E-state index in [0.717, 1.165) is 0 Å². The molecule has 7 heteroatoms. The minimum absolute atomic E-state index is 0.0264. The first-order valence-electron chi connectivity index (χ1n) is 5.11. The summed E-state index contributed by atoms with van der Waals surface area (Å²) < 4.78 is 10.1. The number of hydrogen-bond donors (Lipinski definition) is 0. The van der Waals surface area contributed by atoms with Crippen LogP contribution < -0.4 is 9.47 Å². The highest BCUT2D eigenvalue weighted by atomic mass is 16.6. The highest BCUT2D eigenvalue weighted by Gasteiger charge is 2.15. The summed E-state index contributed by atoms with van der Waals surface area (Å²) in [6.45, 7) is 1.73. The number of methoxy groups -OCH3 is 2. The van der Waals surface area contributed by atoms with Crippen molar-refractivity contribution in [1.82, 2.24) is 9.97 Å². The van der Waals surface area contributed by atoms with E-state index in [-0.39, 0.29) is 17.4 Å². The van der Waals surface area contributed by atoms with E-state index >= 15 is 0 Å². The number of nitrogens with zero attached hydrogens (tertiary/aromatic N) is 3. The predicted octanol–water partition coefficient (Wildman–Crippen LogP) is 1.86. The van der Waals surface area contributed by atoms with Crippen LogP contribution in [0.5, 0.6) is 11.8 Å². The lowest BCUT2D eigenvalue weighted by Gasteiger charge is -2.08. The standard InChI is InChI=1S/C11H11N3O4/c1-6-4-7(14(15)16)5-8-9(6)13-11(18-3)10(12-8)17-2/h4-5H,1-3H3. The van der Waals surface area contributed by atoms with Crippen LogP contribution in [0.4, 0.5) is 5.69 Å². The van der Waals surface area contributed by atoms with Gasteiger partial charge in [0.2, 0.25) is 0 Å². The quantitative estimate of drug-likeness (QED) is 0.609. The molecule has 1 heterocycles. The zero-order valence-corrected chi connectivity index (χ0v) is 10.1. The van der Waals surface area contributed by atoms with Crippen LogP contribution in [-0.2, 0) is 0 Å². The van der Waals surface area contributed by atoms with Gasteiger partial charge < -0.3 is 9.47 Å². The SMILES string of the molecule is COc1nc2cc([N+](=O)[O-])cc(C)c2nc1OC. The Kier molecular flexibility index (Phi) is 2.97. The van der Waals surface area contributed by atoms with Crippen LogP contribution in [0.1, 0.15) is 5.56 Å². The normalized spacial score (nSPS) is 10.4. The Morgan fingerprint density at radius 2 is 1.78 bits per heavy atom. The molecular formula is C11H11N3O4. The number of aryl methyl sites for hydroxylation is 1. The molecule has 0 aliphatic rings. The second-order valence-electron chi connectivity index (χ2n) is 3.63. The Labute approximate surface area is 103 Å². The van der Waals surface area contributed by atoms with Gasteiger partial charge in [-0.15, -0.1) is 0 Å². The van der Waals surface area contributed by atoms with E-state index in [4.69, 9.17) is 9.47 Å². The van der Waals surface area contributed by atoms with Crippen LogP contribution in [0.2, 0.25) is 0 Å². The van der Waals surface area contributed by atoms with Crippen molar-refractivity contribution in [2.75, 3.05) is 14.2 Å². The van der Waals surface area contributed by atoms with Crippen LogP contribution in [-0.4, -0.2) is 29.1 Å². The van der Waals surface area contributed by atoms with Gasteiger partial charge in [-0.3, -0.25) is 10.1 Å². The Balaban J connectivity index is 2.76. The van der Waals surface area contributed by atoms with E-state index in [1.54, 1.807) is 6.92 Å². The Hall–Kier alpha value is -2.44. The summed E-state index contributed by atoms with van der Waals surface area (Å²) in [7, 11) is 2.89. The molecule has 0 aliphatic heterocycles. The van der Waals surface area contributed by atoms with Gasteiger partial charge in [-0.1, -0.05) is 0 Å². The average molecular weight is 249 g/mol. The molecule has 0 saturated heterocycles. The van der Waals surface area contributed by atoms with Crippen LogP contribution in [0.25, 0.3) is 11.0 Å². The van der Waals surface area contributed by atoms with Gasteiger partial charge in [0.25, 0.3) is 17.4 Å². The number of rotatable bonds is 3. The second kappa shape index (κ2) is 4.44. The molecule has 94 valence electrons. The number of hydrogen-bond acceptors (Lipinski definition) is 6. The monoisotopic (exact) mass is 249 g/mol. The zero-order valence-electron chi connectivity index (χ0n) is 10.1. The Bertz CT molecular complexity index is 627. The number of ether oxygens (including phenoxy) is 2. The highest BCUT2D eigenvalue weighted by molar-refractivity contribution is 5.81. The maximum atomic E-state index is 10.8. The highest BCUT2D eigenvalue weighted by Crippen LogP contribution is 2.29. The van der Waals surface area contributed by atoms with Crippen molar-refractivity contribution in [3.63, 3.8) is 0 Å². The molecule has 0 spiro atoms. The summed E-state index contributed by atoms with van der Waals surface area (Å²) in [5, 5.41) is 10.8. The van der Waals surface area contributed by atoms with Gasteiger partial charge in [-0.05, 0) is 12.5 Å². The molecule has 0 unspecified atom stereocenters. The average Bonchev–Trinajstić information content (AvgIpc) is 2.36. The molecule has 1 aromatic heterocycles. The van der Waals surface area contributed by atoms with E-state index in [0.29, 0.717) is 16.6 Å². The van der Waals surface area contributed by atoms with E-state index in [1.807, 2.05) is 0 Å². The number of non-ortho nitro benzene ring substituents is 1. The van der Waals surface area contributed by atoms with Gasteiger partial charge in [-0.25, -0.2) is 9.97 Å². The van der Waals surface area contributed by atoms with Gasteiger partial charge in [-0.2, -0.15) is 0 Å². The number of aromatic nitrogens is 2. The first-order valence-corrected chi connectivity index (χ1v) is 5.11. The molecular weight excluding hydrogens is 238 g/mol. The summed E-state index contributed by atoms with van der Waals surface area (Å²) in [5.74, 6) is 0.451. The molecule has 1 aromatic carbocycles. The summed E-state index contributed by atoms with van der Waals surface area (Å²) >= 11 is 0. The van der Waals surface area contributed by atoms with E-state index in [1.165, 1.54) is 26.4 Å². The number of benzene rings is 1. The van der Waals surface area contributed by atoms with Gasteiger partial charge in [0.05, 0.1) is 24.7 Å². The number of fused-ring (bicyclic) bond motifs is 1. The lowest BCUT2D eigenvalue weighted by molar-refractivity contribution is -0.384. The summed E-state index contributed by atoms with van der Waals surface area (Å²) in [6, 6.07) is 2.81. The molecule has 0 fully saturated rings. The van der Waals surface area contributed by atoms with Crippen molar-refractivity contribution in [3.8, 4) is 11.8 Å². The molecule has 2 aromatic rings. The fourth-order valence-electron chi connectivity index (χ4n) is 1.65. The van der Waals surface area contributed by atoms with Crippen molar-refractivity contribution in [2.45, 2.75) is 6.92 Å². The minimum atomic E-state index is -0.467. The van der Waals surface area contributed by atoms with Crippen molar-refractivity contribution in [2.24, 2.45) is 0 Å². The zero-order chi connectivity index (χ0) is 13.3. The Morgan fingerprint density at radius 1 is 1.17 bits per heavy atom. The maximum Gasteiger partial charge on any atom is 0.278 e. The third-order valence-corrected chi connectivity index (χ3v) is 2.48. The topological polar surface area (TPSA) is 87.4 Å². The van der Waals surface area contributed by atoms with Crippen molar-refractivity contribution < 1.29 is 14.4 Å². The van der Waals surface area contributed by atoms with Crippen molar-refractivity contribution >= 4 is 16.7 Å². The lowest BCUT2D eigenvalue weighted by atomic mass is 10.1. The van der Waals surface area contributed by atoms with Crippen LogP contribution in [0, 0.1) is 17.0 Å². The molecule has 0 amide bonds. The minimum Gasteiger partial charge on any atom is -0.477 e. The van der Waals surface area contributed by atoms with Gasteiger partial charge in [0.1, 0.15) is 5.52 Å². The molecule has 7 nitrogen and oxygen atoms in total. The molecule has 2 rings (SSSR count). The van der Waals surface area contributed by atoms with Crippen LogP contribution >= 0.6 is 0 Å². The number of nitro benzene ring substituents is 1. The lowest BCUT2D eigenvalue weighted by Crippen LogP contribution is -1.99. The maximum absolute atomic E-state index is 10.8. The Morgan fingerprint density at radius 3 is 2.33 bits per heavy atom. The summed E-state index contributed by atoms with van der Waals surface area (Å²) in [5.41, 5.74) is 1.59. The molecule has 18 heavy (non-hydrogen) atoms. The first-order chi connectivity index (χ1) is 8.56. The second-order valence-corrected chi connectivity index (χ2v) is 3.63. The molecule has 0 atom stereocenters. The fraction of sp³-hybridized carbons (Fsp3) is 0.273. The van der Waals surface area contributed by atoms with E-state index in [9.17, 15) is 10.1 Å². The van der Waals surface area contributed by atoms with Crippen LogP contribution in [0.15, 0.2) is 12.1 Å². The molecule has 0 bridgehead atoms. The molecule has 0 N–H and O–H groups in total. The van der Waals surface area contributed by atoms with Crippen molar-refractivity contribution in [3.05, 3.63) is 27.8 Å². The molecule has 0 radical (unpaired) electrons. The predicted molar refractivity (Wildman–Crippen MR) is 64.0 cm³/mol. The number of nitro groups is 1. The largest absolute Gasteiger partial charge is 0.477 e. The van der Waals surface area contributed by atoms with E-state index in [2.05, 4.69) is 9.97 Å². The van der Waals surface area contributed by atoms with Gasteiger partial charge >= 0.3 is 0 Å². The summed E-state index contributed by atoms with van der Waals surface area (Å²) in [4.78, 5) is 18.7. The van der Waals surface area contributed by atoms with E-state index < -0.39 is 4.92 Å². The smallest absolute Gasteiger partial charge is 0.278 e. The summed E-state index contributed by atoms with van der Waals surface area (Å²) in [6.07, 6.45) is 0. The molecule has 0 saturated carbocycles. The molecule has 0 aliphatic carbocycles. The third-order valence-electron chi connectivity index (χ3n) is 2.48. The third kappa shape index (κ3) is 1.90. The first kappa shape index (κ1) is 12.0. The van der Waals surface area contributed by atoms with Gasteiger partial charge in [0.15, 0.2) is 0 Å². The van der Waals surface area contributed by atoms with Gasteiger partial charge in [0, 0.05) is 12.1 Å².